The summed E-state index contributed by atoms with van der Waals surface area (Å²) in [6.45, 7) is 6.50. The van der Waals surface area contributed by atoms with Crippen LogP contribution in [0.3, 0.4) is 0 Å². The molecule has 0 radical (unpaired) electrons. The number of piperidine rings is 1. The molecular formula is C15H21FN2O. The first-order valence-electron chi connectivity index (χ1n) is 6.75. The van der Waals surface area contributed by atoms with Gasteiger partial charge in [-0.15, -0.1) is 0 Å². The number of rotatable bonds is 3. The van der Waals surface area contributed by atoms with Crippen molar-refractivity contribution in [2.75, 3.05) is 19.6 Å². The highest BCUT2D eigenvalue weighted by atomic mass is 19.1. The summed E-state index contributed by atoms with van der Waals surface area (Å²) in [6.07, 6.45) is 2.10. The second-order valence-electron chi connectivity index (χ2n) is 5.71. The fraction of sp³-hybridized carbons (Fsp3) is 0.533. The van der Waals surface area contributed by atoms with Gasteiger partial charge in [-0.1, -0.05) is 13.0 Å². The van der Waals surface area contributed by atoms with Gasteiger partial charge < -0.3 is 10.6 Å². The van der Waals surface area contributed by atoms with Crippen LogP contribution in [0.25, 0.3) is 0 Å². The number of aryl methyl sites for hydroxylation is 1. The number of nitrogens with one attached hydrogen (secondary N) is 2. The van der Waals surface area contributed by atoms with Crippen molar-refractivity contribution < 1.29 is 9.18 Å². The Morgan fingerprint density at radius 1 is 1.42 bits per heavy atom. The smallest absolute Gasteiger partial charge is 0.251 e. The third-order valence-corrected chi connectivity index (χ3v) is 3.92. The summed E-state index contributed by atoms with van der Waals surface area (Å²) in [5, 5.41) is 6.23. The Hall–Kier alpha value is -1.42. The number of hydrogen-bond donors (Lipinski definition) is 2. The minimum Gasteiger partial charge on any atom is -0.351 e. The van der Waals surface area contributed by atoms with Gasteiger partial charge in [-0.2, -0.15) is 0 Å². The lowest BCUT2D eigenvalue weighted by Gasteiger charge is -2.34. The van der Waals surface area contributed by atoms with Gasteiger partial charge in [0, 0.05) is 12.1 Å². The van der Waals surface area contributed by atoms with Gasteiger partial charge in [0.2, 0.25) is 0 Å². The van der Waals surface area contributed by atoms with E-state index in [0.717, 1.165) is 25.9 Å². The first-order chi connectivity index (χ1) is 9.00. The summed E-state index contributed by atoms with van der Waals surface area (Å²) in [4.78, 5) is 12.0. The van der Waals surface area contributed by atoms with Crippen LogP contribution in [0.1, 0.15) is 35.7 Å². The van der Waals surface area contributed by atoms with Crippen LogP contribution >= 0.6 is 0 Å². The maximum absolute atomic E-state index is 13.4. The standard InChI is InChI=1S/C15H21FN2O/c1-11-3-4-12(9-13(11)16)14(19)18-10-15(2)5-7-17-8-6-15/h3-4,9,17H,5-8,10H2,1-2H3,(H,18,19). The molecule has 0 aromatic heterocycles. The van der Waals surface area contributed by atoms with E-state index in [2.05, 4.69) is 17.6 Å². The predicted octanol–water partition coefficient (Wildman–Crippen LogP) is 2.25. The van der Waals surface area contributed by atoms with Crippen LogP contribution in [0.4, 0.5) is 4.39 Å². The van der Waals surface area contributed by atoms with Gasteiger partial charge in [-0.25, -0.2) is 4.39 Å². The first-order valence-corrected chi connectivity index (χ1v) is 6.75. The molecule has 4 heteroatoms. The molecule has 104 valence electrons. The summed E-state index contributed by atoms with van der Waals surface area (Å²) in [5.41, 5.74) is 1.09. The number of amides is 1. The predicted molar refractivity (Wildman–Crippen MR) is 73.7 cm³/mol. The van der Waals surface area contributed by atoms with E-state index in [1.54, 1.807) is 19.1 Å². The van der Waals surface area contributed by atoms with Crippen molar-refractivity contribution in [1.82, 2.24) is 10.6 Å². The molecule has 0 aliphatic carbocycles. The van der Waals surface area contributed by atoms with Crippen molar-refractivity contribution in [2.45, 2.75) is 26.7 Å². The number of halogens is 1. The molecule has 0 spiro atoms. The van der Waals surface area contributed by atoms with E-state index in [0.29, 0.717) is 17.7 Å². The molecule has 0 bridgehead atoms. The third-order valence-electron chi connectivity index (χ3n) is 3.92. The molecule has 3 nitrogen and oxygen atoms in total. The highest BCUT2D eigenvalue weighted by Crippen LogP contribution is 2.26. The fourth-order valence-electron chi connectivity index (χ4n) is 2.34. The van der Waals surface area contributed by atoms with E-state index in [-0.39, 0.29) is 17.1 Å². The summed E-state index contributed by atoms with van der Waals surface area (Å²) >= 11 is 0. The summed E-state index contributed by atoms with van der Waals surface area (Å²) in [5.74, 6) is -0.528. The molecule has 2 rings (SSSR count). The van der Waals surface area contributed by atoms with Crippen LogP contribution in [0.5, 0.6) is 0 Å². The van der Waals surface area contributed by atoms with E-state index in [9.17, 15) is 9.18 Å². The molecule has 1 saturated heterocycles. The topological polar surface area (TPSA) is 41.1 Å². The molecule has 1 aliphatic heterocycles. The Bertz CT molecular complexity index is 467. The highest BCUT2D eigenvalue weighted by Gasteiger charge is 2.27. The molecule has 1 aromatic rings. The van der Waals surface area contributed by atoms with Crippen LogP contribution in [0.15, 0.2) is 18.2 Å². The quantitative estimate of drug-likeness (QED) is 0.879. The summed E-state index contributed by atoms with van der Waals surface area (Å²) in [6, 6.07) is 4.60. The van der Waals surface area contributed by atoms with E-state index >= 15 is 0 Å². The molecule has 1 aliphatic rings. The van der Waals surface area contributed by atoms with Crippen molar-refractivity contribution in [3.63, 3.8) is 0 Å². The average Bonchev–Trinajstić information content (AvgIpc) is 2.40. The van der Waals surface area contributed by atoms with Crippen LogP contribution in [0, 0.1) is 18.2 Å². The molecule has 1 amide bonds. The molecule has 2 N–H and O–H groups in total. The van der Waals surface area contributed by atoms with Gasteiger partial charge in [-0.3, -0.25) is 4.79 Å². The van der Waals surface area contributed by atoms with E-state index < -0.39 is 0 Å². The second-order valence-corrected chi connectivity index (χ2v) is 5.71. The molecular weight excluding hydrogens is 243 g/mol. The number of hydrogen-bond acceptors (Lipinski definition) is 2. The number of benzene rings is 1. The Labute approximate surface area is 113 Å². The fourth-order valence-corrected chi connectivity index (χ4v) is 2.34. The van der Waals surface area contributed by atoms with Crippen molar-refractivity contribution >= 4 is 5.91 Å². The van der Waals surface area contributed by atoms with Gasteiger partial charge in [-0.05, 0) is 56.0 Å². The lowest BCUT2D eigenvalue weighted by atomic mass is 9.81. The molecule has 0 unspecified atom stereocenters. The van der Waals surface area contributed by atoms with Crippen molar-refractivity contribution in [1.29, 1.82) is 0 Å². The normalized spacial score (nSPS) is 18.1. The minimum absolute atomic E-state index is 0.143. The van der Waals surface area contributed by atoms with Crippen LogP contribution in [-0.4, -0.2) is 25.5 Å². The van der Waals surface area contributed by atoms with Crippen LogP contribution < -0.4 is 10.6 Å². The molecule has 1 fully saturated rings. The van der Waals surface area contributed by atoms with Gasteiger partial charge in [0.15, 0.2) is 0 Å². The van der Waals surface area contributed by atoms with Gasteiger partial charge in [0.05, 0.1) is 0 Å². The third kappa shape index (κ3) is 3.53. The number of carbonyl (C=O) groups is 1. The van der Waals surface area contributed by atoms with Crippen LogP contribution in [0.2, 0.25) is 0 Å². The second kappa shape index (κ2) is 5.70. The zero-order valence-electron chi connectivity index (χ0n) is 11.6. The minimum atomic E-state index is -0.333. The number of carbonyl (C=O) groups excluding carboxylic acids is 1. The van der Waals surface area contributed by atoms with Crippen LogP contribution in [-0.2, 0) is 0 Å². The lowest BCUT2D eigenvalue weighted by Crippen LogP contribution is -2.42. The summed E-state index contributed by atoms with van der Waals surface area (Å²) in [7, 11) is 0. The molecule has 1 aromatic carbocycles. The van der Waals surface area contributed by atoms with Crippen molar-refractivity contribution in [2.24, 2.45) is 5.41 Å². The van der Waals surface area contributed by atoms with Gasteiger partial charge in [0.1, 0.15) is 5.82 Å². The van der Waals surface area contributed by atoms with Crippen molar-refractivity contribution in [3.8, 4) is 0 Å². The van der Waals surface area contributed by atoms with E-state index in [4.69, 9.17) is 0 Å². The Morgan fingerprint density at radius 3 is 2.74 bits per heavy atom. The molecule has 0 saturated carbocycles. The molecule has 0 atom stereocenters. The Balaban J connectivity index is 1.95. The summed E-state index contributed by atoms with van der Waals surface area (Å²) < 4.78 is 13.4. The first kappa shape index (κ1) is 14.0. The maximum atomic E-state index is 13.4. The lowest BCUT2D eigenvalue weighted by molar-refractivity contribution is 0.0922. The Kier molecular flexibility index (Phi) is 4.20. The zero-order valence-corrected chi connectivity index (χ0v) is 11.6. The van der Waals surface area contributed by atoms with E-state index in [1.165, 1.54) is 6.07 Å². The largest absolute Gasteiger partial charge is 0.351 e. The van der Waals surface area contributed by atoms with Gasteiger partial charge >= 0.3 is 0 Å². The van der Waals surface area contributed by atoms with Gasteiger partial charge in [0.25, 0.3) is 5.91 Å². The highest BCUT2D eigenvalue weighted by molar-refractivity contribution is 5.94. The molecule has 19 heavy (non-hydrogen) atoms. The zero-order chi connectivity index (χ0) is 13.9. The monoisotopic (exact) mass is 264 g/mol. The van der Waals surface area contributed by atoms with Crippen molar-refractivity contribution in [3.05, 3.63) is 35.1 Å². The Morgan fingerprint density at radius 2 is 2.11 bits per heavy atom. The SMILES string of the molecule is Cc1ccc(C(=O)NCC2(C)CCNCC2)cc1F. The maximum Gasteiger partial charge on any atom is 0.251 e. The van der Waals surface area contributed by atoms with E-state index in [1.807, 2.05) is 0 Å². The molecule has 1 heterocycles. The average molecular weight is 264 g/mol.